The zero-order chi connectivity index (χ0) is 24.9. The van der Waals surface area contributed by atoms with Crippen LogP contribution in [0, 0.1) is 25.7 Å². The number of ether oxygens (including phenoxy) is 2. The predicted molar refractivity (Wildman–Crippen MR) is 133 cm³/mol. The van der Waals surface area contributed by atoms with E-state index in [1.54, 1.807) is 26.3 Å². The lowest BCUT2D eigenvalue weighted by Crippen LogP contribution is -2.11. The van der Waals surface area contributed by atoms with Gasteiger partial charge < -0.3 is 9.47 Å². The smallest absolute Gasteiger partial charge is 0.229 e. The lowest BCUT2D eigenvalue weighted by atomic mass is 9.98. The van der Waals surface area contributed by atoms with Gasteiger partial charge in [-0.05, 0) is 45.4 Å². The summed E-state index contributed by atoms with van der Waals surface area (Å²) in [4.78, 5) is 13.2. The first-order valence-electron chi connectivity index (χ1n) is 10.8. The van der Waals surface area contributed by atoms with Crippen molar-refractivity contribution in [2.75, 3.05) is 24.7 Å². The second-order valence-electron chi connectivity index (χ2n) is 7.58. The molecule has 0 spiro atoms. The standard InChI is InChI=1S/C25H28N4O4S/c1-7-21-20(10-9-18-13-22(17(4)26-14-18)29-34(6,30)31)24(28-15-27-21)19-11-12-23(33-8-2)25(32-5)16(19)3/h11-15,29H,7-8H2,1-6H3. The van der Waals surface area contributed by atoms with E-state index < -0.39 is 10.0 Å². The summed E-state index contributed by atoms with van der Waals surface area (Å²) in [6.07, 6.45) is 4.90. The third kappa shape index (κ3) is 5.64. The Kier molecular flexibility index (Phi) is 7.74. The second kappa shape index (κ2) is 10.5. The molecule has 1 N–H and O–H groups in total. The van der Waals surface area contributed by atoms with E-state index in [-0.39, 0.29) is 0 Å². The molecule has 2 heterocycles. The minimum absolute atomic E-state index is 0.390. The minimum atomic E-state index is -3.44. The van der Waals surface area contributed by atoms with Gasteiger partial charge in [0.05, 0.1) is 48.3 Å². The summed E-state index contributed by atoms with van der Waals surface area (Å²) >= 11 is 0. The summed E-state index contributed by atoms with van der Waals surface area (Å²) in [6, 6.07) is 5.47. The van der Waals surface area contributed by atoms with Gasteiger partial charge in [0.15, 0.2) is 11.5 Å². The number of hydrogen-bond donors (Lipinski definition) is 1. The highest BCUT2D eigenvalue weighted by Gasteiger charge is 2.18. The minimum Gasteiger partial charge on any atom is -0.493 e. The number of rotatable bonds is 7. The molecule has 3 aromatic rings. The normalized spacial score (nSPS) is 10.9. The molecule has 0 saturated carbocycles. The maximum atomic E-state index is 11.7. The number of hydrogen-bond acceptors (Lipinski definition) is 7. The Morgan fingerprint density at radius 3 is 2.50 bits per heavy atom. The lowest BCUT2D eigenvalue weighted by molar-refractivity contribution is 0.310. The van der Waals surface area contributed by atoms with E-state index in [1.165, 1.54) is 6.33 Å². The number of methoxy groups -OCH3 is 1. The largest absolute Gasteiger partial charge is 0.493 e. The van der Waals surface area contributed by atoms with Crippen LogP contribution in [0.2, 0.25) is 0 Å². The zero-order valence-electron chi connectivity index (χ0n) is 20.2. The van der Waals surface area contributed by atoms with Crippen molar-refractivity contribution in [3.63, 3.8) is 0 Å². The first-order chi connectivity index (χ1) is 16.2. The highest BCUT2D eigenvalue weighted by Crippen LogP contribution is 2.38. The van der Waals surface area contributed by atoms with E-state index in [0.29, 0.717) is 52.7 Å². The van der Waals surface area contributed by atoms with E-state index in [1.807, 2.05) is 32.9 Å². The van der Waals surface area contributed by atoms with Crippen LogP contribution in [-0.2, 0) is 16.4 Å². The number of anilines is 1. The maximum absolute atomic E-state index is 11.7. The van der Waals surface area contributed by atoms with Gasteiger partial charge in [-0.3, -0.25) is 9.71 Å². The van der Waals surface area contributed by atoms with Crippen molar-refractivity contribution in [2.24, 2.45) is 0 Å². The lowest BCUT2D eigenvalue weighted by Gasteiger charge is -2.16. The van der Waals surface area contributed by atoms with Gasteiger partial charge in [-0.25, -0.2) is 18.4 Å². The van der Waals surface area contributed by atoms with Crippen molar-refractivity contribution < 1.29 is 17.9 Å². The summed E-state index contributed by atoms with van der Waals surface area (Å²) in [5.74, 6) is 7.61. The molecule has 8 nitrogen and oxygen atoms in total. The fourth-order valence-corrected chi connectivity index (χ4v) is 4.12. The summed E-state index contributed by atoms with van der Waals surface area (Å²) < 4.78 is 37.1. The van der Waals surface area contributed by atoms with Crippen molar-refractivity contribution in [3.05, 3.63) is 58.8 Å². The quantitative estimate of drug-likeness (QED) is 0.512. The molecule has 0 unspecified atom stereocenters. The molecule has 0 radical (unpaired) electrons. The molecular formula is C25H28N4O4S. The highest BCUT2D eigenvalue weighted by molar-refractivity contribution is 7.92. The number of sulfonamides is 1. The number of aromatic nitrogens is 3. The third-order valence-electron chi connectivity index (χ3n) is 5.10. The molecule has 3 rings (SSSR count). The number of benzene rings is 1. The van der Waals surface area contributed by atoms with Gasteiger partial charge in [-0.15, -0.1) is 0 Å². The fraction of sp³-hybridized carbons (Fsp3) is 0.320. The molecule has 34 heavy (non-hydrogen) atoms. The molecule has 0 saturated heterocycles. The summed E-state index contributed by atoms with van der Waals surface area (Å²) in [6.45, 7) is 8.13. The van der Waals surface area contributed by atoms with E-state index in [9.17, 15) is 8.42 Å². The van der Waals surface area contributed by atoms with Gasteiger partial charge in [0, 0.05) is 22.9 Å². The van der Waals surface area contributed by atoms with Crippen LogP contribution in [0.25, 0.3) is 11.3 Å². The number of aryl methyl sites for hydroxylation is 2. The van der Waals surface area contributed by atoms with Crippen molar-refractivity contribution >= 4 is 15.7 Å². The predicted octanol–water partition coefficient (Wildman–Crippen LogP) is 3.90. The molecule has 0 amide bonds. The van der Waals surface area contributed by atoms with E-state index in [2.05, 4.69) is 31.5 Å². The summed E-state index contributed by atoms with van der Waals surface area (Å²) in [5, 5.41) is 0. The first-order valence-corrected chi connectivity index (χ1v) is 12.7. The molecular weight excluding hydrogens is 452 g/mol. The number of nitrogens with one attached hydrogen (secondary N) is 1. The van der Waals surface area contributed by atoms with Crippen LogP contribution in [0.15, 0.2) is 30.7 Å². The van der Waals surface area contributed by atoms with Crippen LogP contribution in [0.1, 0.15) is 41.9 Å². The Bertz CT molecular complexity index is 1380. The van der Waals surface area contributed by atoms with E-state index >= 15 is 0 Å². The van der Waals surface area contributed by atoms with Crippen LogP contribution in [0.3, 0.4) is 0 Å². The molecule has 0 fully saturated rings. The Morgan fingerprint density at radius 2 is 1.85 bits per heavy atom. The fourth-order valence-electron chi connectivity index (χ4n) is 3.51. The SMILES string of the molecule is CCOc1ccc(-c2ncnc(CC)c2C#Cc2cnc(C)c(NS(C)(=O)=O)c2)c(C)c1OC. The van der Waals surface area contributed by atoms with Gasteiger partial charge in [0.1, 0.15) is 6.33 Å². The van der Waals surface area contributed by atoms with Crippen LogP contribution in [-0.4, -0.2) is 43.3 Å². The van der Waals surface area contributed by atoms with Crippen molar-refractivity contribution in [2.45, 2.75) is 34.1 Å². The van der Waals surface area contributed by atoms with Crippen molar-refractivity contribution in [3.8, 4) is 34.6 Å². The Morgan fingerprint density at radius 1 is 1.09 bits per heavy atom. The Hall–Kier alpha value is -3.64. The van der Waals surface area contributed by atoms with Gasteiger partial charge in [0.2, 0.25) is 10.0 Å². The van der Waals surface area contributed by atoms with Crippen molar-refractivity contribution in [1.29, 1.82) is 0 Å². The van der Waals surface area contributed by atoms with Crippen LogP contribution in [0.4, 0.5) is 5.69 Å². The van der Waals surface area contributed by atoms with Gasteiger partial charge in [-0.2, -0.15) is 0 Å². The number of pyridine rings is 1. The Labute approximate surface area is 200 Å². The first kappa shape index (κ1) is 25.0. The molecule has 0 atom stereocenters. The molecule has 0 aliphatic carbocycles. The average Bonchev–Trinajstić information content (AvgIpc) is 2.79. The van der Waals surface area contributed by atoms with Crippen molar-refractivity contribution in [1.82, 2.24) is 15.0 Å². The molecule has 0 aliphatic heterocycles. The van der Waals surface area contributed by atoms with Crippen LogP contribution < -0.4 is 14.2 Å². The topological polar surface area (TPSA) is 103 Å². The van der Waals surface area contributed by atoms with Gasteiger partial charge in [0.25, 0.3) is 0 Å². The molecule has 0 bridgehead atoms. The number of nitrogens with zero attached hydrogens (tertiary/aromatic N) is 3. The van der Waals surface area contributed by atoms with E-state index in [0.717, 1.165) is 23.1 Å². The summed E-state index contributed by atoms with van der Waals surface area (Å²) in [5.41, 5.74) is 5.45. The molecule has 178 valence electrons. The molecule has 1 aromatic carbocycles. The maximum Gasteiger partial charge on any atom is 0.229 e. The average molecular weight is 481 g/mol. The monoisotopic (exact) mass is 480 g/mol. The third-order valence-corrected chi connectivity index (χ3v) is 5.69. The molecule has 2 aromatic heterocycles. The highest BCUT2D eigenvalue weighted by atomic mass is 32.2. The van der Waals surface area contributed by atoms with Gasteiger partial charge in [-0.1, -0.05) is 18.8 Å². The zero-order valence-corrected chi connectivity index (χ0v) is 21.0. The Balaban J connectivity index is 2.14. The van der Waals surface area contributed by atoms with E-state index in [4.69, 9.17) is 9.47 Å². The molecule has 0 aliphatic rings. The summed E-state index contributed by atoms with van der Waals surface area (Å²) in [7, 11) is -1.83. The van der Waals surface area contributed by atoms with Crippen LogP contribution in [0.5, 0.6) is 11.5 Å². The molecule has 9 heteroatoms. The van der Waals surface area contributed by atoms with Gasteiger partial charge >= 0.3 is 0 Å². The second-order valence-corrected chi connectivity index (χ2v) is 9.33. The van der Waals surface area contributed by atoms with Crippen LogP contribution >= 0.6 is 0 Å².